The maximum atomic E-state index is 12.5. The Bertz CT molecular complexity index is 940. The Morgan fingerprint density at radius 3 is 2.83 bits per heavy atom. The molecule has 0 aliphatic carbocycles. The first kappa shape index (κ1) is 15.9. The summed E-state index contributed by atoms with van der Waals surface area (Å²) in [7, 11) is 0. The average Bonchev–Trinajstić information content (AvgIpc) is 3.02. The average molecular weight is 348 g/mol. The van der Waals surface area contributed by atoms with E-state index < -0.39 is 5.56 Å². The van der Waals surface area contributed by atoms with Crippen molar-refractivity contribution in [2.75, 3.05) is 6.26 Å². The number of fused-ring (bicyclic) bond motifs is 1. The Kier molecular flexibility index (Phi) is 4.33. The Balaban J connectivity index is 2.11. The van der Waals surface area contributed by atoms with E-state index in [1.165, 1.54) is 16.3 Å². The van der Waals surface area contributed by atoms with Crippen molar-refractivity contribution in [3.8, 4) is 6.07 Å². The van der Waals surface area contributed by atoms with Crippen LogP contribution in [-0.2, 0) is 19.5 Å². The predicted octanol–water partition coefficient (Wildman–Crippen LogP) is 2.25. The normalized spacial score (nSPS) is 12.9. The van der Waals surface area contributed by atoms with Crippen molar-refractivity contribution in [3.05, 3.63) is 60.9 Å². The van der Waals surface area contributed by atoms with E-state index in [1.54, 1.807) is 6.07 Å². The molecule has 1 aromatic carbocycles. The molecule has 2 heterocycles. The van der Waals surface area contributed by atoms with Gasteiger partial charge in [0.05, 0.1) is 11.6 Å². The minimum Gasteiger partial charge on any atom is -0.296 e. The van der Waals surface area contributed by atoms with Gasteiger partial charge >= 0.3 is 5.69 Å². The molecule has 0 amide bonds. The van der Waals surface area contributed by atoms with Gasteiger partial charge in [0.1, 0.15) is 11.6 Å². The van der Waals surface area contributed by atoms with Crippen LogP contribution in [0.5, 0.6) is 0 Å². The first-order valence-corrected chi connectivity index (χ1v) is 8.76. The van der Waals surface area contributed by atoms with E-state index in [9.17, 15) is 14.9 Å². The van der Waals surface area contributed by atoms with Crippen LogP contribution >= 0.6 is 23.4 Å². The summed E-state index contributed by atoms with van der Waals surface area (Å²) >= 11 is 7.71. The topological polar surface area (TPSA) is 67.8 Å². The number of nitrogens with zero attached hydrogens (tertiary/aromatic N) is 3. The van der Waals surface area contributed by atoms with E-state index in [4.69, 9.17) is 11.6 Å². The van der Waals surface area contributed by atoms with E-state index in [-0.39, 0.29) is 17.8 Å². The lowest BCUT2D eigenvalue weighted by Crippen LogP contribution is -2.41. The molecule has 0 unspecified atom stereocenters. The molecule has 1 aliphatic heterocycles. The van der Waals surface area contributed by atoms with Gasteiger partial charge < -0.3 is 0 Å². The van der Waals surface area contributed by atoms with Gasteiger partial charge in [-0.25, -0.2) is 4.79 Å². The number of hydrogen-bond acceptors (Lipinski definition) is 4. The van der Waals surface area contributed by atoms with Gasteiger partial charge in [-0.3, -0.25) is 13.9 Å². The maximum Gasteiger partial charge on any atom is 0.331 e. The summed E-state index contributed by atoms with van der Waals surface area (Å²) in [6, 6.07) is 7.41. The second-order valence-corrected chi connectivity index (χ2v) is 6.59. The third kappa shape index (κ3) is 2.71. The summed E-state index contributed by atoms with van der Waals surface area (Å²) in [6.45, 7) is 0.663. The summed E-state index contributed by atoms with van der Waals surface area (Å²) in [5.74, 6) is 0. The number of rotatable bonds is 3. The van der Waals surface area contributed by atoms with Crippen molar-refractivity contribution in [1.82, 2.24) is 9.13 Å². The van der Waals surface area contributed by atoms with Crippen LogP contribution in [0.25, 0.3) is 0 Å². The standard InChI is InChI=1S/C16H14ClN3O2S/c1-23-14-5-4-10(7-12(14)17)9-20-15(21)11(8-18)13-3-2-6-19(13)16(20)22/h4-5,7H,2-3,6,9H2,1H3. The second kappa shape index (κ2) is 6.26. The lowest BCUT2D eigenvalue weighted by atomic mass is 10.2. The number of aromatic nitrogens is 2. The molecule has 0 atom stereocenters. The molecule has 0 saturated heterocycles. The summed E-state index contributed by atoms with van der Waals surface area (Å²) in [4.78, 5) is 26.0. The molecule has 1 aliphatic rings. The van der Waals surface area contributed by atoms with Crippen molar-refractivity contribution in [2.24, 2.45) is 0 Å². The number of benzene rings is 1. The molecule has 7 heteroatoms. The third-order valence-electron chi connectivity index (χ3n) is 4.00. The maximum absolute atomic E-state index is 12.5. The number of hydrogen-bond donors (Lipinski definition) is 0. The van der Waals surface area contributed by atoms with Gasteiger partial charge in [0.15, 0.2) is 0 Å². The fraction of sp³-hybridized carbons (Fsp3) is 0.312. The molecule has 0 fully saturated rings. The van der Waals surface area contributed by atoms with Gasteiger partial charge in [-0.1, -0.05) is 17.7 Å². The fourth-order valence-electron chi connectivity index (χ4n) is 2.88. The van der Waals surface area contributed by atoms with E-state index in [0.29, 0.717) is 23.7 Å². The predicted molar refractivity (Wildman–Crippen MR) is 90.3 cm³/mol. The Hall–Kier alpha value is -1.97. The van der Waals surface area contributed by atoms with Crippen LogP contribution in [0.3, 0.4) is 0 Å². The molecule has 118 valence electrons. The van der Waals surface area contributed by atoms with Crippen LogP contribution in [0, 0.1) is 11.3 Å². The largest absolute Gasteiger partial charge is 0.331 e. The molecule has 3 rings (SSSR count). The molecule has 0 spiro atoms. The number of halogens is 1. The number of thioether (sulfide) groups is 1. The zero-order valence-corrected chi connectivity index (χ0v) is 14.1. The van der Waals surface area contributed by atoms with Gasteiger partial charge in [0.2, 0.25) is 0 Å². The Morgan fingerprint density at radius 2 is 2.17 bits per heavy atom. The molecule has 23 heavy (non-hydrogen) atoms. The summed E-state index contributed by atoms with van der Waals surface area (Å²) in [6.07, 6.45) is 3.31. The second-order valence-electron chi connectivity index (χ2n) is 5.33. The zero-order chi connectivity index (χ0) is 16.6. The highest BCUT2D eigenvalue weighted by Gasteiger charge is 2.22. The third-order valence-corrected chi connectivity index (χ3v) is 5.22. The van der Waals surface area contributed by atoms with Crippen LogP contribution in [-0.4, -0.2) is 15.4 Å². The van der Waals surface area contributed by atoms with Crippen molar-refractivity contribution < 1.29 is 0 Å². The van der Waals surface area contributed by atoms with Gasteiger partial charge in [0, 0.05) is 17.1 Å². The molecule has 0 saturated carbocycles. The Morgan fingerprint density at radius 1 is 1.39 bits per heavy atom. The molecule has 0 bridgehead atoms. The molecule has 1 aromatic heterocycles. The van der Waals surface area contributed by atoms with Crippen molar-refractivity contribution >= 4 is 23.4 Å². The summed E-state index contributed by atoms with van der Waals surface area (Å²) in [5, 5.41) is 9.86. The van der Waals surface area contributed by atoms with E-state index in [0.717, 1.165) is 21.4 Å². The van der Waals surface area contributed by atoms with E-state index >= 15 is 0 Å². The summed E-state index contributed by atoms with van der Waals surface area (Å²) in [5.41, 5.74) is 0.528. The molecular formula is C16H14ClN3O2S. The fourth-order valence-corrected chi connectivity index (χ4v) is 3.77. The smallest absolute Gasteiger partial charge is 0.296 e. The highest BCUT2D eigenvalue weighted by atomic mass is 35.5. The minimum absolute atomic E-state index is 0.0777. The van der Waals surface area contributed by atoms with Gasteiger partial charge in [-0.2, -0.15) is 5.26 Å². The zero-order valence-electron chi connectivity index (χ0n) is 12.5. The molecule has 2 aromatic rings. The van der Waals surface area contributed by atoms with Crippen molar-refractivity contribution in [1.29, 1.82) is 5.26 Å². The minimum atomic E-state index is -0.518. The van der Waals surface area contributed by atoms with Crippen LogP contribution < -0.4 is 11.2 Å². The van der Waals surface area contributed by atoms with Crippen molar-refractivity contribution in [3.63, 3.8) is 0 Å². The highest BCUT2D eigenvalue weighted by molar-refractivity contribution is 7.98. The monoisotopic (exact) mass is 347 g/mol. The summed E-state index contributed by atoms with van der Waals surface area (Å²) < 4.78 is 2.66. The lowest BCUT2D eigenvalue weighted by molar-refractivity contribution is 0.602. The first-order valence-electron chi connectivity index (χ1n) is 7.16. The van der Waals surface area contributed by atoms with Crippen LogP contribution in [0.4, 0.5) is 0 Å². The Labute approximate surface area is 142 Å². The van der Waals surface area contributed by atoms with Crippen LogP contribution in [0.2, 0.25) is 5.02 Å². The quantitative estimate of drug-likeness (QED) is 0.799. The van der Waals surface area contributed by atoms with Gasteiger partial charge in [-0.05, 0) is 36.8 Å². The van der Waals surface area contributed by atoms with E-state index in [2.05, 4.69) is 0 Å². The molecule has 5 nitrogen and oxygen atoms in total. The van der Waals surface area contributed by atoms with E-state index in [1.807, 2.05) is 24.5 Å². The first-order chi connectivity index (χ1) is 11.1. The molecular weight excluding hydrogens is 334 g/mol. The van der Waals surface area contributed by atoms with Crippen molar-refractivity contribution in [2.45, 2.75) is 30.8 Å². The van der Waals surface area contributed by atoms with Gasteiger partial charge in [0.25, 0.3) is 5.56 Å². The number of nitriles is 1. The lowest BCUT2D eigenvalue weighted by Gasteiger charge is -2.11. The van der Waals surface area contributed by atoms with Crippen LogP contribution in [0.15, 0.2) is 32.7 Å². The van der Waals surface area contributed by atoms with Gasteiger partial charge in [-0.15, -0.1) is 11.8 Å². The highest BCUT2D eigenvalue weighted by Crippen LogP contribution is 2.26. The van der Waals surface area contributed by atoms with Crippen LogP contribution in [0.1, 0.15) is 23.2 Å². The molecule has 0 N–H and O–H groups in total. The SMILES string of the molecule is CSc1ccc(Cn2c(=O)c(C#N)c3n(c2=O)CCC3)cc1Cl. The molecule has 0 radical (unpaired) electrons.